The molecule has 1 aliphatic carbocycles. The van der Waals surface area contributed by atoms with Crippen molar-refractivity contribution in [3.8, 4) is 5.75 Å². The van der Waals surface area contributed by atoms with Crippen LogP contribution in [0.5, 0.6) is 5.75 Å². The Kier molecular flexibility index (Phi) is 4.08. The number of amides is 1. The standard InChI is InChI=1S/C15H20FNO2/c1-10-3-5-11(6-4-10)17(2)15(19)13-8-7-12(18)9-14(13)16/h7-11,18H,3-6H2,1-2H3. The summed E-state index contributed by atoms with van der Waals surface area (Å²) in [6.45, 7) is 2.22. The minimum absolute atomic E-state index is 0.0268. The number of halogens is 1. The van der Waals surface area contributed by atoms with Crippen molar-refractivity contribution in [2.75, 3.05) is 7.05 Å². The summed E-state index contributed by atoms with van der Waals surface area (Å²) in [6, 6.07) is 3.85. The van der Waals surface area contributed by atoms with Crippen LogP contribution in [-0.4, -0.2) is 29.0 Å². The molecule has 1 N–H and O–H groups in total. The normalized spacial score (nSPS) is 23.1. The Morgan fingerprint density at radius 2 is 1.95 bits per heavy atom. The second-order valence-corrected chi connectivity index (χ2v) is 5.49. The maximum atomic E-state index is 13.7. The molecule has 0 bridgehead atoms. The quantitative estimate of drug-likeness (QED) is 0.892. The molecule has 0 unspecified atom stereocenters. The van der Waals surface area contributed by atoms with E-state index in [0.29, 0.717) is 5.92 Å². The average Bonchev–Trinajstić information content (AvgIpc) is 2.38. The fourth-order valence-corrected chi connectivity index (χ4v) is 2.66. The molecule has 104 valence electrons. The van der Waals surface area contributed by atoms with Crippen molar-refractivity contribution < 1.29 is 14.3 Å². The number of benzene rings is 1. The zero-order chi connectivity index (χ0) is 14.0. The van der Waals surface area contributed by atoms with Crippen LogP contribution in [0.25, 0.3) is 0 Å². The predicted octanol–water partition coefficient (Wildman–Crippen LogP) is 3.18. The molecule has 1 fully saturated rings. The molecule has 0 atom stereocenters. The third-order valence-corrected chi connectivity index (χ3v) is 4.04. The van der Waals surface area contributed by atoms with E-state index in [4.69, 9.17) is 0 Å². The first-order valence-corrected chi connectivity index (χ1v) is 6.74. The highest BCUT2D eigenvalue weighted by molar-refractivity contribution is 5.94. The van der Waals surface area contributed by atoms with Crippen LogP contribution in [0.4, 0.5) is 4.39 Å². The van der Waals surface area contributed by atoms with Crippen LogP contribution >= 0.6 is 0 Å². The van der Waals surface area contributed by atoms with Crippen molar-refractivity contribution in [1.82, 2.24) is 4.90 Å². The number of phenolic OH excluding ortho intramolecular Hbond substituents is 1. The van der Waals surface area contributed by atoms with Gasteiger partial charge in [-0.25, -0.2) is 4.39 Å². The van der Waals surface area contributed by atoms with Crippen LogP contribution < -0.4 is 0 Å². The molecule has 1 aromatic carbocycles. The van der Waals surface area contributed by atoms with Gasteiger partial charge in [0, 0.05) is 19.2 Å². The number of phenols is 1. The number of hydrogen-bond acceptors (Lipinski definition) is 2. The Hall–Kier alpha value is -1.58. The summed E-state index contributed by atoms with van der Waals surface area (Å²) in [6.07, 6.45) is 4.17. The van der Waals surface area contributed by atoms with Crippen LogP contribution in [0.3, 0.4) is 0 Å². The molecular formula is C15H20FNO2. The van der Waals surface area contributed by atoms with E-state index in [0.717, 1.165) is 31.7 Å². The van der Waals surface area contributed by atoms with Gasteiger partial charge >= 0.3 is 0 Å². The van der Waals surface area contributed by atoms with Gasteiger partial charge in [-0.05, 0) is 43.7 Å². The van der Waals surface area contributed by atoms with Crippen molar-refractivity contribution in [3.63, 3.8) is 0 Å². The van der Waals surface area contributed by atoms with Crippen molar-refractivity contribution in [3.05, 3.63) is 29.6 Å². The van der Waals surface area contributed by atoms with Gasteiger partial charge in [0.05, 0.1) is 5.56 Å². The molecule has 19 heavy (non-hydrogen) atoms. The number of carbonyl (C=O) groups is 1. The Labute approximate surface area is 113 Å². The molecule has 1 aromatic rings. The fraction of sp³-hybridized carbons (Fsp3) is 0.533. The van der Waals surface area contributed by atoms with Crippen molar-refractivity contribution in [2.24, 2.45) is 5.92 Å². The summed E-state index contributed by atoms with van der Waals surface area (Å²) in [5.74, 6) is -0.425. The Morgan fingerprint density at radius 1 is 1.32 bits per heavy atom. The maximum absolute atomic E-state index is 13.7. The molecule has 0 saturated heterocycles. The number of rotatable bonds is 2. The lowest BCUT2D eigenvalue weighted by atomic mass is 9.86. The van der Waals surface area contributed by atoms with Gasteiger partial charge in [0.25, 0.3) is 5.91 Å². The van der Waals surface area contributed by atoms with Gasteiger partial charge in [0.1, 0.15) is 11.6 Å². The first-order chi connectivity index (χ1) is 8.99. The average molecular weight is 265 g/mol. The number of carbonyl (C=O) groups excluding carboxylic acids is 1. The van der Waals surface area contributed by atoms with Crippen molar-refractivity contribution >= 4 is 5.91 Å². The third kappa shape index (κ3) is 3.06. The SMILES string of the molecule is CC1CCC(N(C)C(=O)c2ccc(O)cc2F)CC1. The van der Waals surface area contributed by atoms with Gasteiger partial charge in [-0.15, -0.1) is 0 Å². The first-order valence-electron chi connectivity index (χ1n) is 6.74. The highest BCUT2D eigenvalue weighted by Gasteiger charge is 2.26. The second-order valence-electron chi connectivity index (χ2n) is 5.49. The van der Waals surface area contributed by atoms with E-state index < -0.39 is 5.82 Å². The third-order valence-electron chi connectivity index (χ3n) is 4.04. The lowest BCUT2D eigenvalue weighted by Gasteiger charge is -2.33. The van der Waals surface area contributed by atoms with E-state index in [2.05, 4.69) is 6.92 Å². The molecule has 3 nitrogen and oxygen atoms in total. The molecule has 1 amide bonds. The minimum atomic E-state index is -0.666. The largest absolute Gasteiger partial charge is 0.508 e. The van der Waals surface area contributed by atoms with Crippen LogP contribution in [0.1, 0.15) is 43.0 Å². The summed E-state index contributed by atoms with van der Waals surface area (Å²) < 4.78 is 13.7. The van der Waals surface area contributed by atoms with Gasteiger partial charge < -0.3 is 10.0 Å². The zero-order valence-corrected chi connectivity index (χ0v) is 11.4. The highest BCUT2D eigenvalue weighted by Crippen LogP contribution is 2.27. The molecule has 1 saturated carbocycles. The summed E-state index contributed by atoms with van der Waals surface area (Å²) in [4.78, 5) is 13.9. The van der Waals surface area contributed by atoms with E-state index in [9.17, 15) is 14.3 Å². The molecule has 0 aromatic heterocycles. The van der Waals surface area contributed by atoms with Gasteiger partial charge in [0.2, 0.25) is 0 Å². The molecule has 2 rings (SSSR count). The van der Waals surface area contributed by atoms with Crippen LogP contribution in [0.2, 0.25) is 0 Å². The highest BCUT2D eigenvalue weighted by atomic mass is 19.1. The zero-order valence-electron chi connectivity index (χ0n) is 11.4. The molecule has 0 radical (unpaired) electrons. The summed E-state index contributed by atoms with van der Waals surface area (Å²) >= 11 is 0. The Bertz CT molecular complexity index is 467. The predicted molar refractivity (Wildman–Crippen MR) is 71.6 cm³/mol. The topological polar surface area (TPSA) is 40.5 Å². The molecule has 0 spiro atoms. The van der Waals surface area contributed by atoms with Gasteiger partial charge in [-0.1, -0.05) is 6.92 Å². The molecule has 4 heteroatoms. The molecule has 0 aliphatic heterocycles. The fourth-order valence-electron chi connectivity index (χ4n) is 2.66. The van der Waals surface area contributed by atoms with E-state index in [-0.39, 0.29) is 23.3 Å². The number of aromatic hydroxyl groups is 1. The lowest BCUT2D eigenvalue weighted by molar-refractivity contribution is 0.0675. The molecule has 1 aliphatic rings. The van der Waals surface area contributed by atoms with E-state index >= 15 is 0 Å². The maximum Gasteiger partial charge on any atom is 0.256 e. The Balaban J connectivity index is 2.10. The number of hydrogen-bond donors (Lipinski definition) is 1. The Morgan fingerprint density at radius 3 is 2.53 bits per heavy atom. The van der Waals surface area contributed by atoms with Gasteiger partial charge in [0.15, 0.2) is 0 Å². The lowest BCUT2D eigenvalue weighted by Crippen LogP contribution is -2.39. The first kappa shape index (κ1) is 13.8. The second kappa shape index (κ2) is 5.59. The molecular weight excluding hydrogens is 245 g/mol. The summed E-state index contributed by atoms with van der Waals surface area (Å²) in [7, 11) is 1.73. The van der Waals surface area contributed by atoms with Crippen molar-refractivity contribution in [2.45, 2.75) is 38.6 Å². The molecule has 0 heterocycles. The van der Waals surface area contributed by atoms with Crippen molar-refractivity contribution in [1.29, 1.82) is 0 Å². The van der Waals surface area contributed by atoms with Gasteiger partial charge in [-0.2, -0.15) is 0 Å². The summed E-state index contributed by atoms with van der Waals surface area (Å²) in [5.41, 5.74) is 0.0268. The van der Waals surface area contributed by atoms with Crippen LogP contribution in [0, 0.1) is 11.7 Å². The monoisotopic (exact) mass is 265 g/mol. The smallest absolute Gasteiger partial charge is 0.256 e. The van der Waals surface area contributed by atoms with Crippen LogP contribution in [0.15, 0.2) is 18.2 Å². The number of nitrogens with zero attached hydrogens (tertiary/aromatic N) is 1. The minimum Gasteiger partial charge on any atom is -0.508 e. The van der Waals surface area contributed by atoms with E-state index in [1.54, 1.807) is 11.9 Å². The van der Waals surface area contributed by atoms with E-state index in [1.807, 2.05) is 0 Å². The summed E-state index contributed by atoms with van der Waals surface area (Å²) in [5, 5.41) is 9.17. The van der Waals surface area contributed by atoms with E-state index in [1.165, 1.54) is 12.1 Å². The van der Waals surface area contributed by atoms with Gasteiger partial charge in [-0.3, -0.25) is 4.79 Å². The van der Waals surface area contributed by atoms with Crippen LogP contribution in [-0.2, 0) is 0 Å².